The van der Waals surface area contributed by atoms with Crippen LogP contribution in [0.5, 0.6) is 0 Å². The highest BCUT2D eigenvalue weighted by molar-refractivity contribution is 5.41. The summed E-state index contributed by atoms with van der Waals surface area (Å²) >= 11 is 0. The van der Waals surface area contributed by atoms with Crippen molar-refractivity contribution in [1.82, 2.24) is 19.8 Å². The lowest BCUT2D eigenvalue weighted by molar-refractivity contribution is 0.244. The van der Waals surface area contributed by atoms with Crippen molar-refractivity contribution in [2.75, 3.05) is 32.7 Å². The number of H-pyrrole nitrogens is 1. The Morgan fingerprint density at radius 1 is 1.15 bits per heavy atom. The van der Waals surface area contributed by atoms with E-state index >= 15 is 0 Å². The van der Waals surface area contributed by atoms with E-state index in [1.807, 2.05) is 18.2 Å². The van der Waals surface area contributed by atoms with Gasteiger partial charge in [0.1, 0.15) is 0 Å². The zero-order chi connectivity index (χ0) is 13.8. The first-order valence-corrected chi connectivity index (χ1v) is 7.12. The zero-order valence-corrected chi connectivity index (χ0v) is 11.5. The predicted molar refractivity (Wildman–Crippen MR) is 79.4 cm³/mol. The maximum Gasteiger partial charge on any atom is 0.330 e. The molecule has 0 saturated carbocycles. The molecule has 5 nitrogen and oxygen atoms in total. The van der Waals surface area contributed by atoms with Crippen molar-refractivity contribution >= 4 is 0 Å². The Balaban J connectivity index is 1.76. The first-order valence-electron chi connectivity index (χ1n) is 7.12. The van der Waals surface area contributed by atoms with Crippen molar-refractivity contribution in [3.05, 3.63) is 52.7 Å². The monoisotopic (exact) mass is 272 g/mol. The van der Waals surface area contributed by atoms with Gasteiger partial charge in [-0.1, -0.05) is 18.2 Å². The Labute approximate surface area is 118 Å². The van der Waals surface area contributed by atoms with Crippen LogP contribution in [0.2, 0.25) is 0 Å². The number of hydrogen-bond acceptors (Lipinski definition) is 3. The van der Waals surface area contributed by atoms with Crippen molar-refractivity contribution in [1.29, 1.82) is 0 Å². The van der Waals surface area contributed by atoms with Crippen LogP contribution in [0, 0.1) is 0 Å². The van der Waals surface area contributed by atoms with Crippen LogP contribution in [0.3, 0.4) is 0 Å². The van der Waals surface area contributed by atoms with Gasteiger partial charge in [0.15, 0.2) is 0 Å². The largest absolute Gasteiger partial charge is 0.330 e. The molecule has 0 atom stereocenters. The lowest BCUT2D eigenvalue weighted by atomic mass is 10.1. The molecule has 0 aliphatic carbocycles. The normalized spacial score (nSPS) is 16.4. The number of nitrogens with zero attached hydrogens (tertiary/aromatic N) is 2. The molecule has 3 rings (SSSR count). The highest BCUT2D eigenvalue weighted by Crippen LogP contribution is 2.13. The molecule has 1 saturated heterocycles. The average molecular weight is 272 g/mol. The molecule has 2 aromatic rings. The van der Waals surface area contributed by atoms with Crippen molar-refractivity contribution in [2.24, 2.45) is 0 Å². The van der Waals surface area contributed by atoms with Crippen molar-refractivity contribution in [3.63, 3.8) is 0 Å². The first-order chi connectivity index (χ1) is 9.84. The van der Waals surface area contributed by atoms with Crippen LogP contribution in [0.25, 0.3) is 5.69 Å². The lowest BCUT2D eigenvalue weighted by Gasteiger charge is -2.27. The third-order valence-corrected chi connectivity index (χ3v) is 3.81. The lowest BCUT2D eigenvalue weighted by Crippen LogP contribution is -2.44. The van der Waals surface area contributed by atoms with Gasteiger partial charge in [-0.2, -0.15) is 0 Å². The Bertz CT molecular complexity index is 610. The van der Waals surface area contributed by atoms with E-state index < -0.39 is 0 Å². The van der Waals surface area contributed by atoms with Gasteiger partial charge < -0.3 is 15.2 Å². The summed E-state index contributed by atoms with van der Waals surface area (Å²) in [6.07, 6.45) is 4.43. The number of aromatic nitrogens is 2. The highest BCUT2D eigenvalue weighted by atomic mass is 16.1. The number of imidazole rings is 1. The van der Waals surface area contributed by atoms with Crippen LogP contribution in [0.1, 0.15) is 5.56 Å². The van der Waals surface area contributed by atoms with Crippen molar-refractivity contribution in [3.8, 4) is 5.69 Å². The molecule has 20 heavy (non-hydrogen) atoms. The standard InChI is InChI=1S/C15H20N4O/c20-15-17-8-12-19(15)14-4-2-1-3-13(14)5-9-18-10-6-16-7-11-18/h1-4,8,12,16H,5-7,9-11H2,(H,17,20). The van der Waals surface area contributed by atoms with Gasteiger partial charge in [0.05, 0.1) is 5.69 Å². The van der Waals surface area contributed by atoms with Gasteiger partial charge in [-0.15, -0.1) is 0 Å². The number of piperazine rings is 1. The van der Waals surface area contributed by atoms with Crippen LogP contribution in [0.4, 0.5) is 0 Å². The van der Waals surface area contributed by atoms with E-state index in [0.29, 0.717) is 0 Å². The minimum Gasteiger partial charge on any atom is -0.314 e. The van der Waals surface area contributed by atoms with Gasteiger partial charge in [-0.05, 0) is 18.1 Å². The van der Waals surface area contributed by atoms with E-state index in [1.54, 1.807) is 17.0 Å². The molecule has 2 N–H and O–H groups in total. The summed E-state index contributed by atoms with van der Waals surface area (Å²) in [6, 6.07) is 8.12. The Kier molecular flexibility index (Phi) is 3.99. The molecule has 106 valence electrons. The third kappa shape index (κ3) is 2.84. The second-order valence-corrected chi connectivity index (χ2v) is 5.11. The summed E-state index contributed by atoms with van der Waals surface area (Å²) in [7, 11) is 0. The molecule has 0 spiro atoms. The Hall–Kier alpha value is -1.85. The maximum atomic E-state index is 11.8. The van der Waals surface area contributed by atoms with Crippen LogP contribution in [-0.4, -0.2) is 47.2 Å². The number of benzene rings is 1. The summed E-state index contributed by atoms with van der Waals surface area (Å²) in [5.74, 6) is 0. The fraction of sp³-hybridized carbons (Fsp3) is 0.400. The molecule has 1 aromatic heterocycles. The topological polar surface area (TPSA) is 53.1 Å². The molecule has 1 aliphatic heterocycles. The van der Waals surface area contributed by atoms with Crippen molar-refractivity contribution < 1.29 is 0 Å². The quantitative estimate of drug-likeness (QED) is 0.857. The average Bonchev–Trinajstić information content (AvgIpc) is 2.92. The molecular formula is C15H20N4O. The molecule has 2 heterocycles. The van der Waals surface area contributed by atoms with E-state index in [-0.39, 0.29) is 5.69 Å². The molecule has 0 radical (unpaired) electrons. The summed E-state index contributed by atoms with van der Waals surface area (Å²) in [5.41, 5.74) is 2.11. The van der Waals surface area contributed by atoms with Gasteiger partial charge in [-0.3, -0.25) is 4.57 Å². The fourth-order valence-corrected chi connectivity index (χ4v) is 2.68. The smallest absolute Gasteiger partial charge is 0.314 e. The van der Waals surface area contributed by atoms with Crippen LogP contribution in [-0.2, 0) is 6.42 Å². The van der Waals surface area contributed by atoms with Gasteiger partial charge in [0.25, 0.3) is 0 Å². The number of rotatable bonds is 4. The predicted octanol–water partition coefficient (Wildman–Crippen LogP) is 0.613. The van der Waals surface area contributed by atoms with Gasteiger partial charge in [0.2, 0.25) is 0 Å². The minimum absolute atomic E-state index is 0.0837. The number of para-hydroxylation sites is 1. The van der Waals surface area contributed by atoms with E-state index in [4.69, 9.17) is 0 Å². The number of hydrogen-bond donors (Lipinski definition) is 2. The van der Waals surface area contributed by atoms with E-state index in [0.717, 1.165) is 44.8 Å². The fourth-order valence-electron chi connectivity index (χ4n) is 2.68. The van der Waals surface area contributed by atoms with E-state index in [1.165, 1.54) is 5.56 Å². The first kappa shape index (κ1) is 13.1. The SMILES string of the molecule is O=c1[nH]ccn1-c1ccccc1CCN1CCNCC1. The molecular weight excluding hydrogens is 252 g/mol. The van der Waals surface area contributed by atoms with Gasteiger partial charge in [-0.25, -0.2) is 4.79 Å². The zero-order valence-electron chi connectivity index (χ0n) is 11.5. The minimum atomic E-state index is -0.0837. The van der Waals surface area contributed by atoms with E-state index in [2.05, 4.69) is 21.3 Å². The van der Waals surface area contributed by atoms with Crippen molar-refractivity contribution in [2.45, 2.75) is 6.42 Å². The summed E-state index contributed by atoms with van der Waals surface area (Å²) in [5, 5.41) is 3.36. The Morgan fingerprint density at radius 3 is 2.70 bits per heavy atom. The molecule has 1 fully saturated rings. The number of aromatic amines is 1. The van der Waals surface area contributed by atoms with Crippen LogP contribution < -0.4 is 11.0 Å². The second kappa shape index (κ2) is 6.07. The second-order valence-electron chi connectivity index (χ2n) is 5.11. The van der Waals surface area contributed by atoms with Gasteiger partial charge >= 0.3 is 5.69 Å². The van der Waals surface area contributed by atoms with Gasteiger partial charge in [0, 0.05) is 45.1 Å². The summed E-state index contributed by atoms with van der Waals surface area (Å²) in [6.45, 7) is 5.38. The van der Waals surface area contributed by atoms with E-state index in [9.17, 15) is 4.79 Å². The third-order valence-electron chi connectivity index (χ3n) is 3.81. The molecule has 1 aliphatic rings. The summed E-state index contributed by atoms with van der Waals surface area (Å²) in [4.78, 5) is 16.9. The van der Waals surface area contributed by atoms with Crippen LogP contribution >= 0.6 is 0 Å². The molecule has 0 unspecified atom stereocenters. The number of nitrogens with one attached hydrogen (secondary N) is 2. The maximum absolute atomic E-state index is 11.8. The molecule has 0 bridgehead atoms. The highest BCUT2D eigenvalue weighted by Gasteiger charge is 2.11. The molecule has 5 heteroatoms. The Morgan fingerprint density at radius 2 is 1.95 bits per heavy atom. The molecule has 0 amide bonds. The van der Waals surface area contributed by atoms with Crippen LogP contribution in [0.15, 0.2) is 41.5 Å². The molecule has 1 aromatic carbocycles. The summed E-state index contributed by atoms with van der Waals surface area (Å²) < 4.78 is 1.67.